The Labute approximate surface area is 139 Å². The van der Waals surface area contributed by atoms with Gasteiger partial charge in [-0.1, -0.05) is 30.3 Å². The van der Waals surface area contributed by atoms with E-state index < -0.39 is 0 Å². The van der Waals surface area contributed by atoms with Crippen LogP contribution in [0.25, 0.3) is 0 Å². The van der Waals surface area contributed by atoms with Gasteiger partial charge >= 0.3 is 29.6 Å². The third-order valence-corrected chi connectivity index (χ3v) is 2.88. The average Bonchev–Trinajstić information content (AvgIpc) is 2.28. The van der Waals surface area contributed by atoms with Crippen molar-refractivity contribution in [2.75, 3.05) is 0 Å². The van der Waals surface area contributed by atoms with Crippen molar-refractivity contribution in [3.8, 4) is 11.5 Å². The molecule has 0 atom stereocenters. The minimum Gasteiger partial charge on any atom is -1.00 e. The van der Waals surface area contributed by atoms with Crippen LogP contribution in [0, 0.1) is 10.5 Å². The van der Waals surface area contributed by atoms with Gasteiger partial charge in [-0.2, -0.15) is 0 Å². The zero-order chi connectivity index (χ0) is 12.0. The molecule has 2 aromatic rings. The predicted octanol–water partition coefficient (Wildman–Crippen LogP) is 0.814. The van der Waals surface area contributed by atoms with E-state index in [0.717, 1.165) is 9.13 Å². The van der Waals surface area contributed by atoms with E-state index in [1.165, 1.54) is 0 Å². The van der Waals surface area contributed by atoms with Crippen molar-refractivity contribution in [1.29, 1.82) is 0 Å². The molecule has 2 aromatic carbocycles. The van der Waals surface area contributed by atoms with Gasteiger partial charge in [-0.15, -0.1) is 0 Å². The van der Waals surface area contributed by atoms with E-state index in [0.29, 0.717) is 11.5 Å². The van der Waals surface area contributed by atoms with Crippen molar-refractivity contribution >= 4 is 22.6 Å². The summed E-state index contributed by atoms with van der Waals surface area (Å²) < 4.78 is 0.894. The molecule has 0 radical (unpaired) electrons. The zero-order valence-corrected chi connectivity index (χ0v) is 14.0. The van der Waals surface area contributed by atoms with Gasteiger partial charge in [0, 0.05) is 0 Å². The van der Waals surface area contributed by atoms with Gasteiger partial charge in [0.15, 0.2) is 0 Å². The number of hydrogen-bond acceptors (Lipinski definition) is 2. The maximum Gasteiger partial charge on any atom is 1.00 e. The number of aromatic hydroxyl groups is 2. The summed E-state index contributed by atoms with van der Waals surface area (Å²) in [5.41, 5.74) is 0.924. The van der Waals surface area contributed by atoms with Gasteiger partial charge in [-0.25, -0.2) is 0 Å². The molecular formula is C13H14INaO2. The normalized spacial score (nSPS) is 8.59. The fourth-order valence-corrected chi connectivity index (χ4v) is 1.40. The van der Waals surface area contributed by atoms with Crippen LogP contribution in [0.4, 0.5) is 0 Å². The van der Waals surface area contributed by atoms with Crippen molar-refractivity contribution < 1.29 is 41.2 Å². The van der Waals surface area contributed by atoms with E-state index in [-0.39, 0.29) is 31.0 Å². The summed E-state index contributed by atoms with van der Waals surface area (Å²) >= 11 is 2.07. The van der Waals surface area contributed by atoms with Crippen LogP contribution in [0.3, 0.4) is 0 Å². The molecule has 0 fully saturated rings. The van der Waals surface area contributed by atoms with E-state index >= 15 is 0 Å². The molecule has 0 unspecified atom stereocenters. The maximum absolute atomic E-state index is 8.92. The molecule has 0 aliphatic heterocycles. The van der Waals surface area contributed by atoms with E-state index in [1.54, 1.807) is 18.2 Å². The van der Waals surface area contributed by atoms with Crippen LogP contribution in [0.2, 0.25) is 0 Å². The number of aryl methyl sites for hydroxylation is 1. The minimum atomic E-state index is 0. The van der Waals surface area contributed by atoms with Gasteiger partial charge in [0.05, 0.1) is 3.57 Å². The second-order valence-electron chi connectivity index (χ2n) is 3.24. The molecular weight excluding hydrogens is 338 g/mol. The van der Waals surface area contributed by atoms with Crippen LogP contribution in [-0.2, 0) is 0 Å². The molecule has 0 saturated carbocycles. The molecule has 2 rings (SSSR count). The Balaban J connectivity index is 0. The first-order chi connectivity index (χ1) is 7.61. The first-order valence-electron chi connectivity index (χ1n) is 4.79. The van der Waals surface area contributed by atoms with Gasteiger partial charge in [0.2, 0.25) is 0 Å². The van der Waals surface area contributed by atoms with E-state index in [9.17, 15) is 0 Å². The molecule has 0 aliphatic carbocycles. The summed E-state index contributed by atoms with van der Waals surface area (Å²) in [7, 11) is 0. The number of rotatable bonds is 0. The number of para-hydroxylation sites is 2. The van der Waals surface area contributed by atoms with Crippen LogP contribution < -0.4 is 29.6 Å². The molecule has 0 saturated heterocycles. The fraction of sp³-hybridized carbons (Fsp3) is 0.0769. The molecule has 4 heteroatoms. The second-order valence-corrected chi connectivity index (χ2v) is 4.40. The number of halogens is 1. The van der Waals surface area contributed by atoms with E-state index in [1.807, 2.05) is 37.3 Å². The Morgan fingerprint density at radius 2 is 1.35 bits per heavy atom. The summed E-state index contributed by atoms with van der Waals surface area (Å²) in [6, 6.07) is 14.5. The van der Waals surface area contributed by atoms with Crippen LogP contribution in [-0.4, -0.2) is 10.2 Å². The maximum atomic E-state index is 8.92. The number of phenols is 2. The van der Waals surface area contributed by atoms with Crippen molar-refractivity contribution in [2.45, 2.75) is 6.92 Å². The zero-order valence-electron chi connectivity index (χ0n) is 10.9. The van der Waals surface area contributed by atoms with Gasteiger partial charge < -0.3 is 11.6 Å². The third-order valence-electron chi connectivity index (χ3n) is 1.97. The third kappa shape index (κ3) is 6.31. The first kappa shape index (κ1) is 16.8. The van der Waals surface area contributed by atoms with Crippen LogP contribution in [0.1, 0.15) is 6.99 Å². The quantitative estimate of drug-likeness (QED) is 0.544. The molecule has 17 heavy (non-hydrogen) atoms. The van der Waals surface area contributed by atoms with Crippen LogP contribution in [0.5, 0.6) is 11.5 Å². The molecule has 0 bridgehead atoms. The summed E-state index contributed by atoms with van der Waals surface area (Å²) in [5, 5.41) is 17.8. The monoisotopic (exact) mass is 352 g/mol. The molecule has 0 aromatic heterocycles. The molecule has 0 spiro atoms. The Bertz CT molecular complexity index is 381. The SMILES string of the molecule is Cc1ccccc1O.Oc1ccccc1I.[H-].[Na+]. The molecule has 2 N–H and O–H groups in total. The van der Waals surface area contributed by atoms with E-state index in [2.05, 4.69) is 22.6 Å². The fourth-order valence-electron chi connectivity index (χ4n) is 1.02. The van der Waals surface area contributed by atoms with Crippen molar-refractivity contribution in [3.05, 3.63) is 57.7 Å². The summed E-state index contributed by atoms with van der Waals surface area (Å²) in [5.74, 6) is 0.723. The molecule has 86 valence electrons. The van der Waals surface area contributed by atoms with Gasteiger partial charge in [0.25, 0.3) is 0 Å². The number of benzene rings is 2. The van der Waals surface area contributed by atoms with Crippen molar-refractivity contribution in [2.24, 2.45) is 0 Å². The van der Waals surface area contributed by atoms with Crippen LogP contribution in [0.15, 0.2) is 48.5 Å². The molecule has 0 heterocycles. The Kier molecular flexibility index (Phi) is 8.68. The second kappa shape index (κ2) is 8.80. The molecule has 2 nitrogen and oxygen atoms in total. The minimum absolute atomic E-state index is 0. The molecule has 0 amide bonds. The Morgan fingerprint density at radius 1 is 0.882 bits per heavy atom. The summed E-state index contributed by atoms with van der Waals surface area (Å²) in [4.78, 5) is 0. The van der Waals surface area contributed by atoms with Crippen LogP contribution >= 0.6 is 22.6 Å². The topological polar surface area (TPSA) is 40.5 Å². The van der Waals surface area contributed by atoms with Crippen molar-refractivity contribution in [1.82, 2.24) is 0 Å². The molecule has 0 aliphatic rings. The Hall–Kier alpha value is -0.230. The smallest absolute Gasteiger partial charge is 1.00 e. The first-order valence-corrected chi connectivity index (χ1v) is 5.87. The average molecular weight is 352 g/mol. The Morgan fingerprint density at radius 3 is 1.65 bits per heavy atom. The number of phenolic OH excluding ortho intramolecular Hbond substituents is 2. The van der Waals surface area contributed by atoms with Gasteiger partial charge in [-0.05, 0) is 53.3 Å². The summed E-state index contributed by atoms with van der Waals surface area (Å²) in [6.45, 7) is 1.87. The van der Waals surface area contributed by atoms with E-state index in [4.69, 9.17) is 10.2 Å². The summed E-state index contributed by atoms with van der Waals surface area (Å²) in [6.07, 6.45) is 0. The number of hydrogen-bond donors (Lipinski definition) is 2. The largest absolute Gasteiger partial charge is 1.00 e. The van der Waals surface area contributed by atoms with Gasteiger partial charge in [-0.3, -0.25) is 0 Å². The predicted molar refractivity (Wildman–Crippen MR) is 74.8 cm³/mol. The van der Waals surface area contributed by atoms with Gasteiger partial charge in [0.1, 0.15) is 11.5 Å². The van der Waals surface area contributed by atoms with Crippen molar-refractivity contribution in [3.63, 3.8) is 0 Å². The standard InChI is InChI=1S/C7H8O.C6H5IO.Na.H/c1-6-4-2-3-5-7(6)8;7-5-3-1-2-4-6(5)8;;/h2-5,8H,1H3;1-4,8H;;/q;;+1;-1.